The third-order valence-corrected chi connectivity index (χ3v) is 5.59. The van der Waals surface area contributed by atoms with E-state index in [1.807, 2.05) is 30.3 Å². The van der Waals surface area contributed by atoms with Gasteiger partial charge in [-0.1, -0.05) is 53.7 Å². The number of benzene rings is 3. The minimum atomic E-state index is -1.54. The molecule has 0 bridgehead atoms. The molecular formula is C24H18N2O4. The van der Waals surface area contributed by atoms with Gasteiger partial charge < -0.3 is 14.9 Å². The van der Waals surface area contributed by atoms with Crippen LogP contribution in [-0.4, -0.2) is 24.5 Å². The Morgan fingerprint density at radius 1 is 1.00 bits per heavy atom. The van der Waals surface area contributed by atoms with E-state index < -0.39 is 17.4 Å². The molecule has 2 aliphatic rings. The number of oxime groups is 1. The number of nitrogens with one attached hydrogen (secondary N) is 1. The van der Waals surface area contributed by atoms with Crippen molar-refractivity contribution in [2.45, 2.75) is 5.60 Å². The number of anilines is 1. The van der Waals surface area contributed by atoms with E-state index in [-0.39, 0.29) is 5.78 Å². The summed E-state index contributed by atoms with van der Waals surface area (Å²) in [6.07, 6.45) is 0. The van der Waals surface area contributed by atoms with E-state index in [0.29, 0.717) is 33.8 Å². The molecule has 1 spiro atoms. The van der Waals surface area contributed by atoms with Gasteiger partial charge in [-0.15, -0.1) is 0 Å². The van der Waals surface area contributed by atoms with Crippen molar-refractivity contribution in [3.63, 3.8) is 0 Å². The highest BCUT2D eigenvalue weighted by Crippen LogP contribution is 2.49. The van der Waals surface area contributed by atoms with Crippen LogP contribution in [0.3, 0.4) is 0 Å². The Morgan fingerprint density at radius 3 is 2.43 bits per heavy atom. The molecule has 6 heteroatoms. The maximum atomic E-state index is 13.7. The van der Waals surface area contributed by atoms with Crippen LogP contribution in [0.4, 0.5) is 5.69 Å². The third-order valence-electron chi connectivity index (χ3n) is 5.59. The second-order valence-corrected chi connectivity index (χ2v) is 7.19. The second-order valence-electron chi connectivity index (χ2n) is 7.19. The van der Waals surface area contributed by atoms with Crippen LogP contribution < -0.4 is 10.1 Å². The fourth-order valence-corrected chi connectivity index (χ4v) is 4.11. The van der Waals surface area contributed by atoms with Crippen molar-refractivity contribution >= 4 is 23.1 Å². The van der Waals surface area contributed by atoms with E-state index >= 15 is 0 Å². The van der Waals surface area contributed by atoms with Crippen molar-refractivity contribution in [2.24, 2.45) is 11.1 Å². The van der Waals surface area contributed by atoms with Gasteiger partial charge in [0, 0.05) is 22.4 Å². The predicted octanol–water partition coefficient (Wildman–Crippen LogP) is 3.78. The number of ether oxygens (including phenoxy) is 1. The molecule has 2 heterocycles. The van der Waals surface area contributed by atoms with E-state index in [9.17, 15) is 9.59 Å². The highest BCUT2D eigenvalue weighted by atomic mass is 16.7. The van der Waals surface area contributed by atoms with E-state index in [2.05, 4.69) is 10.5 Å². The molecule has 0 aliphatic carbocycles. The van der Waals surface area contributed by atoms with Gasteiger partial charge in [-0.2, -0.15) is 0 Å². The minimum absolute atomic E-state index is 0.227. The summed E-state index contributed by atoms with van der Waals surface area (Å²) in [7, 11) is 1.59. The maximum Gasteiger partial charge on any atom is 0.277 e. The van der Waals surface area contributed by atoms with Crippen molar-refractivity contribution < 1.29 is 19.2 Å². The van der Waals surface area contributed by atoms with Gasteiger partial charge in [0.1, 0.15) is 17.4 Å². The number of methoxy groups -OCH3 is 1. The van der Waals surface area contributed by atoms with Crippen molar-refractivity contribution in [3.8, 4) is 5.75 Å². The van der Waals surface area contributed by atoms with Gasteiger partial charge in [-0.05, 0) is 30.3 Å². The van der Waals surface area contributed by atoms with E-state index in [1.54, 1.807) is 55.6 Å². The Morgan fingerprint density at radius 2 is 1.70 bits per heavy atom. The van der Waals surface area contributed by atoms with Gasteiger partial charge in [0.05, 0.1) is 7.11 Å². The fourth-order valence-electron chi connectivity index (χ4n) is 4.11. The summed E-state index contributed by atoms with van der Waals surface area (Å²) in [4.78, 5) is 32.7. The van der Waals surface area contributed by atoms with Crippen LogP contribution in [0.2, 0.25) is 0 Å². The molecule has 5 rings (SSSR count). The lowest BCUT2D eigenvalue weighted by atomic mass is 9.74. The van der Waals surface area contributed by atoms with Gasteiger partial charge >= 0.3 is 0 Å². The second kappa shape index (κ2) is 6.84. The van der Waals surface area contributed by atoms with Crippen LogP contribution in [-0.2, 0) is 15.2 Å². The Kier molecular flexibility index (Phi) is 4.13. The Bertz CT molecular complexity index is 1170. The Balaban J connectivity index is 1.68. The maximum absolute atomic E-state index is 13.7. The lowest BCUT2D eigenvalue weighted by Gasteiger charge is -2.26. The summed E-state index contributed by atoms with van der Waals surface area (Å²) in [5.74, 6) is -0.875. The monoisotopic (exact) mass is 398 g/mol. The molecule has 3 aromatic rings. The molecule has 30 heavy (non-hydrogen) atoms. The number of hydrogen-bond donors (Lipinski definition) is 1. The number of ketones is 1. The van der Waals surface area contributed by atoms with Crippen LogP contribution in [0.5, 0.6) is 5.75 Å². The largest absolute Gasteiger partial charge is 0.497 e. The number of carbonyl (C=O) groups is 2. The average Bonchev–Trinajstić information content (AvgIpc) is 3.33. The van der Waals surface area contributed by atoms with Crippen molar-refractivity contribution in [1.29, 1.82) is 0 Å². The van der Waals surface area contributed by atoms with Crippen LogP contribution >= 0.6 is 0 Å². The molecule has 148 valence electrons. The summed E-state index contributed by atoms with van der Waals surface area (Å²) < 4.78 is 5.23. The predicted molar refractivity (Wildman–Crippen MR) is 112 cm³/mol. The first-order valence-corrected chi connectivity index (χ1v) is 9.56. The summed E-state index contributed by atoms with van der Waals surface area (Å²) in [5.41, 5.74) is 1.29. The van der Waals surface area contributed by atoms with E-state index in [1.165, 1.54) is 0 Å². The molecule has 1 N–H and O–H groups in total. The van der Waals surface area contributed by atoms with Crippen LogP contribution in [0.25, 0.3) is 0 Å². The summed E-state index contributed by atoms with van der Waals surface area (Å²) in [6.45, 7) is 0. The molecule has 2 aliphatic heterocycles. The SMILES string of the molecule is COc1ccc(C2=NO[C@@]3(C(=O)Nc4ccccc43)[C@H]2C(=O)c2ccccc2)cc1. The number of carbonyl (C=O) groups excluding carboxylic acids is 2. The number of para-hydroxylation sites is 1. The van der Waals surface area contributed by atoms with Crippen molar-refractivity contribution in [3.05, 3.63) is 95.6 Å². The van der Waals surface area contributed by atoms with Crippen LogP contribution in [0.15, 0.2) is 84.0 Å². The molecule has 0 aromatic heterocycles. The lowest BCUT2D eigenvalue weighted by Crippen LogP contribution is -2.46. The summed E-state index contributed by atoms with van der Waals surface area (Å²) in [6, 6.07) is 23.3. The molecule has 2 atom stereocenters. The van der Waals surface area contributed by atoms with Gasteiger partial charge in [0.15, 0.2) is 5.78 Å². The number of rotatable bonds is 4. The molecule has 0 fully saturated rings. The van der Waals surface area contributed by atoms with Gasteiger partial charge in [0.2, 0.25) is 0 Å². The number of Topliss-reactive ketones (excluding diaryl/α,β-unsaturated/α-hetero) is 1. The van der Waals surface area contributed by atoms with Gasteiger partial charge in [-0.25, -0.2) is 0 Å². The standard InChI is InChI=1S/C24H18N2O4/c1-29-17-13-11-15(12-14-17)21-20(22(27)16-7-3-2-4-8-16)24(30-26-21)18-9-5-6-10-19(18)25-23(24)28/h2-14,20H,1H3,(H,25,28)/t20-,24-/m1/s1. The van der Waals surface area contributed by atoms with E-state index in [0.717, 1.165) is 0 Å². The molecule has 0 saturated carbocycles. The quantitative estimate of drug-likeness (QED) is 0.679. The first-order chi connectivity index (χ1) is 14.6. The Labute approximate surface area is 173 Å². The van der Waals surface area contributed by atoms with Crippen molar-refractivity contribution in [1.82, 2.24) is 0 Å². The zero-order valence-electron chi connectivity index (χ0n) is 16.2. The average molecular weight is 398 g/mol. The summed E-state index contributed by atoms with van der Waals surface area (Å²) in [5, 5.41) is 7.12. The lowest BCUT2D eigenvalue weighted by molar-refractivity contribution is -0.140. The molecule has 3 aromatic carbocycles. The number of hydrogen-bond acceptors (Lipinski definition) is 5. The fraction of sp³-hybridized carbons (Fsp3) is 0.125. The minimum Gasteiger partial charge on any atom is -0.497 e. The van der Waals surface area contributed by atoms with Crippen molar-refractivity contribution in [2.75, 3.05) is 12.4 Å². The van der Waals surface area contributed by atoms with Crippen LogP contribution in [0, 0.1) is 5.92 Å². The van der Waals surface area contributed by atoms with Gasteiger partial charge in [-0.3, -0.25) is 9.59 Å². The molecule has 0 radical (unpaired) electrons. The number of fused-ring (bicyclic) bond motifs is 2. The molecule has 0 saturated heterocycles. The molecule has 0 unspecified atom stereocenters. The Hall–Kier alpha value is -3.93. The highest BCUT2D eigenvalue weighted by Gasteiger charge is 2.63. The highest BCUT2D eigenvalue weighted by molar-refractivity contribution is 6.24. The zero-order chi connectivity index (χ0) is 20.7. The summed E-state index contributed by atoms with van der Waals surface area (Å²) >= 11 is 0. The number of amides is 1. The number of nitrogens with zero attached hydrogens (tertiary/aromatic N) is 1. The first-order valence-electron chi connectivity index (χ1n) is 9.56. The first kappa shape index (κ1) is 18.1. The molecular weight excluding hydrogens is 380 g/mol. The smallest absolute Gasteiger partial charge is 0.277 e. The zero-order valence-corrected chi connectivity index (χ0v) is 16.2. The molecule has 1 amide bonds. The third kappa shape index (κ3) is 2.54. The van der Waals surface area contributed by atoms with E-state index in [4.69, 9.17) is 9.57 Å². The topological polar surface area (TPSA) is 77.0 Å². The van der Waals surface area contributed by atoms with Gasteiger partial charge in [0.25, 0.3) is 11.5 Å². The molecule has 6 nitrogen and oxygen atoms in total. The van der Waals surface area contributed by atoms with Crippen LogP contribution in [0.1, 0.15) is 21.5 Å². The normalized spacial score (nSPS) is 21.6.